The van der Waals surface area contributed by atoms with Crippen molar-refractivity contribution in [2.75, 3.05) is 26.2 Å². The van der Waals surface area contributed by atoms with E-state index in [0.29, 0.717) is 37.4 Å². The average molecular weight is 435 g/mol. The summed E-state index contributed by atoms with van der Waals surface area (Å²) in [4.78, 5) is 19.6. The second kappa shape index (κ2) is 9.47. The number of benzene rings is 1. The largest absolute Gasteiger partial charge is 0.342 e. The third kappa shape index (κ3) is 4.54. The molecule has 8 heteroatoms. The monoisotopic (exact) mass is 434 g/mol. The number of carbonyl (C=O) groups is 1. The van der Waals surface area contributed by atoms with Crippen molar-refractivity contribution in [3.63, 3.8) is 0 Å². The van der Waals surface area contributed by atoms with E-state index in [-0.39, 0.29) is 10.8 Å². The lowest BCUT2D eigenvalue weighted by Crippen LogP contribution is -2.39. The van der Waals surface area contributed by atoms with Crippen LogP contribution in [-0.4, -0.2) is 59.3 Å². The van der Waals surface area contributed by atoms with Crippen LogP contribution in [0.25, 0.3) is 11.0 Å². The Morgan fingerprint density at radius 3 is 2.60 bits per heavy atom. The summed E-state index contributed by atoms with van der Waals surface area (Å²) in [6, 6.07) is 5.15. The minimum absolute atomic E-state index is 0.182. The van der Waals surface area contributed by atoms with Gasteiger partial charge in [0.15, 0.2) is 0 Å². The van der Waals surface area contributed by atoms with Crippen LogP contribution in [0.3, 0.4) is 0 Å². The van der Waals surface area contributed by atoms with E-state index in [1.165, 1.54) is 10.7 Å². The summed E-state index contributed by atoms with van der Waals surface area (Å²) in [6.45, 7) is 11.2. The van der Waals surface area contributed by atoms with Gasteiger partial charge in [0.05, 0.1) is 15.9 Å². The molecular weight excluding hydrogens is 400 g/mol. The number of hydrogen-bond donors (Lipinski definition) is 0. The maximum Gasteiger partial charge on any atom is 0.243 e. The van der Waals surface area contributed by atoms with Crippen LogP contribution in [0.5, 0.6) is 0 Å². The fourth-order valence-electron chi connectivity index (χ4n) is 4.37. The first kappa shape index (κ1) is 22.7. The van der Waals surface area contributed by atoms with Crippen molar-refractivity contribution in [2.24, 2.45) is 5.92 Å². The van der Waals surface area contributed by atoms with Gasteiger partial charge in [0, 0.05) is 45.6 Å². The molecule has 166 valence electrons. The first-order valence-corrected chi connectivity index (χ1v) is 12.5. The zero-order valence-electron chi connectivity index (χ0n) is 18.6. The van der Waals surface area contributed by atoms with Crippen molar-refractivity contribution in [1.29, 1.82) is 0 Å². The molecule has 1 amide bonds. The van der Waals surface area contributed by atoms with Gasteiger partial charge in [-0.1, -0.05) is 20.8 Å². The molecule has 0 saturated carbocycles. The van der Waals surface area contributed by atoms with Crippen LogP contribution in [0.2, 0.25) is 0 Å². The molecule has 3 rings (SSSR count). The van der Waals surface area contributed by atoms with Crippen molar-refractivity contribution >= 4 is 27.0 Å². The smallest absolute Gasteiger partial charge is 0.243 e. The van der Waals surface area contributed by atoms with E-state index in [1.54, 1.807) is 12.1 Å². The van der Waals surface area contributed by atoms with Gasteiger partial charge in [-0.3, -0.25) is 4.79 Å². The maximum atomic E-state index is 12.9. The molecule has 0 aliphatic carbocycles. The molecule has 7 nitrogen and oxygen atoms in total. The number of fused-ring (bicyclic) bond motifs is 1. The molecule has 1 atom stereocenters. The topological polar surface area (TPSA) is 75.5 Å². The van der Waals surface area contributed by atoms with Gasteiger partial charge in [-0.2, -0.15) is 4.31 Å². The number of piperidine rings is 1. The molecule has 2 aromatic rings. The summed E-state index contributed by atoms with van der Waals surface area (Å²) in [5.41, 5.74) is 1.57. The van der Waals surface area contributed by atoms with Crippen LogP contribution >= 0.6 is 0 Å². The Kier molecular flexibility index (Phi) is 7.18. The van der Waals surface area contributed by atoms with Gasteiger partial charge >= 0.3 is 0 Å². The predicted octanol–water partition coefficient (Wildman–Crippen LogP) is 3.28. The molecule has 1 fully saturated rings. The van der Waals surface area contributed by atoms with Crippen LogP contribution in [0, 0.1) is 5.92 Å². The number of hydrogen-bond acceptors (Lipinski definition) is 4. The van der Waals surface area contributed by atoms with E-state index in [2.05, 4.69) is 11.5 Å². The number of carbonyl (C=O) groups excluding carboxylic acids is 1. The number of sulfonamides is 1. The standard InChI is InChI=1S/C22H34N4O3S/c1-5-25(6-2)30(28,29)18-10-11-20-19(15-18)23-21(26(20)7-3)12-13-22(27)24-14-8-9-17(4)16-24/h10-11,15,17H,5-9,12-14,16H2,1-4H3. The summed E-state index contributed by atoms with van der Waals surface area (Å²) in [5.74, 6) is 1.58. The lowest BCUT2D eigenvalue weighted by Gasteiger charge is -2.31. The van der Waals surface area contributed by atoms with Crippen molar-refractivity contribution in [1.82, 2.24) is 18.8 Å². The highest BCUT2D eigenvalue weighted by Gasteiger charge is 2.24. The second-order valence-electron chi connectivity index (χ2n) is 8.10. The Morgan fingerprint density at radius 2 is 1.97 bits per heavy atom. The molecule has 0 bridgehead atoms. The van der Waals surface area contributed by atoms with E-state index in [1.807, 2.05) is 31.7 Å². The molecule has 0 radical (unpaired) electrons. The van der Waals surface area contributed by atoms with E-state index in [4.69, 9.17) is 4.98 Å². The van der Waals surface area contributed by atoms with E-state index < -0.39 is 10.0 Å². The highest BCUT2D eigenvalue weighted by atomic mass is 32.2. The van der Waals surface area contributed by atoms with Gasteiger partial charge in [0.25, 0.3) is 0 Å². The molecule has 0 N–H and O–H groups in total. The maximum absolute atomic E-state index is 12.9. The van der Waals surface area contributed by atoms with Crippen LogP contribution in [0.4, 0.5) is 0 Å². The van der Waals surface area contributed by atoms with Gasteiger partial charge in [0.1, 0.15) is 5.82 Å². The number of aryl methyl sites for hydroxylation is 2. The van der Waals surface area contributed by atoms with Crippen LogP contribution < -0.4 is 0 Å². The minimum atomic E-state index is -3.53. The highest BCUT2D eigenvalue weighted by molar-refractivity contribution is 7.89. The minimum Gasteiger partial charge on any atom is -0.342 e. The molecule has 2 heterocycles. The van der Waals surface area contributed by atoms with Crippen molar-refractivity contribution in [2.45, 2.75) is 64.8 Å². The second-order valence-corrected chi connectivity index (χ2v) is 10.0. The van der Waals surface area contributed by atoms with Gasteiger partial charge in [-0.15, -0.1) is 0 Å². The third-order valence-electron chi connectivity index (χ3n) is 6.03. The molecular formula is C22H34N4O3S. The molecule has 0 spiro atoms. The third-order valence-corrected chi connectivity index (χ3v) is 8.08. The van der Waals surface area contributed by atoms with Crippen molar-refractivity contribution in [3.8, 4) is 0 Å². The van der Waals surface area contributed by atoms with Gasteiger partial charge in [-0.25, -0.2) is 13.4 Å². The zero-order valence-corrected chi connectivity index (χ0v) is 19.4. The molecule has 1 aromatic carbocycles. The first-order valence-electron chi connectivity index (χ1n) is 11.1. The lowest BCUT2D eigenvalue weighted by molar-refractivity contribution is -0.132. The molecule has 30 heavy (non-hydrogen) atoms. The summed E-state index contributed by atoms with van der Waals surface area (Å²) in [5, 5.41) is 0. The molecule has 1 saturated heterocycles. The summed E-state index contributed by atoms with van der Waals surface area (Å²) in [7, 11) is -3.53. The lowest BCUT2D eigenvalue weighted by atomic mass is 10.00. The number of amides is 1. The van der Waals surface area contributed by atoms with Crippen LogP contribution in [0.1, 0.15) is 52.8 Å². The Bertz CT molecular complexity index is 995. The molecule has 1 aliphatic heterocycles. The number of likely N-dealkylation sites (tertiary alicyclic amines) is 1. The van der Waals surface area contributed by atoms with E-state index in [0.717, 1.165) is 37.4 Å². The van der Waals surface area contributed by atoms with Gasteiger partial charge < -0.3 is 9.47 Å². The average Bonchev–Trinajstić information content (AvgIpc) is 3.09. The Labute approximate surface area is 180 Å². The van der Waals surface area contributed by atoms with Crippen LogP contribution in [0.15, 0.2) is 23.1 Å². The molecule has 1 unspecified atom stereocenters. The number of rotatable bonds is 8. The van der Waals surface area contributed by atoms with Crippen LogP contribution in [-0.2, 0) is 27.8 Å². The van der Waals surface area contributed by atoms with E-state index in [9.17, 15) is 13.2 Å². The number of nitrogens with zero attached hydrogens (tertiary/aromatic N) is 4. The number of aromatic nitrogens is 2. The normalized spacial score (nSPS) is 17.8. The quantitative estimate of drug-likeness (QED) is 0.639. The summed E-state index contributed by atoms with van der Waals surface area (Å²) in [6.07, 6.45) is 3.25. The van der Waals surface area contributed by atoms with E-state index >= 15 is 0 Å². The Morgan fingerprint density at radius 1 is 1.23 bits per heavy atom. The number of imidazole rings is 1. The SMILES string of the molecule is CCN(CC)S(=O)(=O)c1ccc2c(c1)nc(CCC(=O)N1CCCC(C)C1)n2CC. The van der Waals surface area contributed by atoms with Gasteiger partial charge in [0.2, 0.25) is 15.9 Å². The Hall–Kier alpha value is -1.93. The van der Waals surface area contributed by atoms with Crippen molar-refractivity contribution < 1.29 is 13.2 Å². The fourth-order valence-corrected chi connectivity index (χ4v) is 5.85. The summed E-state index contributed by atoms with van der Waals surface area (Å²) < 4.78 is 29.2. The zero-order chi connectivity index (χ0) is 21.9. The van der Waals surface area contributed by atoms with Gasteiger partial charge in [-0.05, 0) is 43.9 Å². The molecule has 1 aliphatic rings. The Balaban J connectivity index is 1.83. The first-order chi connectivity index (χ1) is 14.3. The fraction of sp³-hybridized carbons (Fsp3) is 0.636. The molecule has 1 aromatic heterocycles. The summed E-state index contributed by atoms with van der Waals surface area (Å²) >= 11 is 0. The predicted molar refractivity (Wildman–Crippen MR) is 119 cm³/mol. The highest BCUT2D eigenvalue weighted by Crippen LogP contribution is 2.24. The van der Waals surface area contributed by atoms with Crippen molar-refractivity contribution in [3.05, 3.63) is 24.0 Å².